The average Bonchev–Trinajstić information content (AvgIpc) is 2.64. The number of methoxy groups -OCH3 is 1. The minimum Gasteiger partial charge on any atom is -0.506 e. The summed E-state index contributed by atoms with van der Waals surface area (Å²) in [6, 6.07) is 9.33. The number of ether oxygens (including phenoxy) is 1. The van der Waals surface area contributed by atoms with Crippen LogP contribution < -0.4 is 9.64 Å². The molecule has 2 aromatic carbocycles. The number of hydrogen-bond donors (Lipinski definition) is 1. The van der Waals surface area contributed by atoms with E-state index < -0.39 is 0 Å². The molecule has 0 fully saturated rings. The highest BCUT2D eigenvalue weighted by Gasteiger charge is 2.12. The smallest absolute Gasteiger partial charge is 0.144 e. The molecule has 0 bridgehead atoms. The molecular formula is C18H18Br2Cl2N2O2. The van der Waals surface area contributed by atoms with Gasteiger partial charge < -0.3 is 14.7 Å². The first-order valence-electron chi connectivity index (χ1n) is 7.77. The molecule has 0 heterocycles. The molecule has 0 unspecified atom stereocenters. The zero-order valence-corrected chi connectivity index (χ0v) is 18.7. The minimum atomic E-state index is 0.147. The van der Waals surface area contributed by atoms with E-state index in [1.54, 1.807) is 25.5 Å². The number of phenols is 1. The van der Waals surface area contributed by atoms with Gasteiger partial charge in [-0.1, -0.05) is 6.07 Å². The van der Waals surface area contributed by atoms with Gasteiger partial charge in [-0.25, -0.2) is 0 Å². The maximum atomic E-state index is 9.77. The molecule has 0 atom stereocenters. The predicted octanol–water partition coefficient (Wildman–Crippen LogP) is 5.96. The fourth-order valence-corrected chi connectivity index (χ4v) is 3.94. The second kappa shape index (κ2) is 10.4. The summed E-state index contributed by atoms with van der Waals surface area (Å²) in [7, 11) is 1.63. The standard InChI is InChI=1S/C18H18Br2Cl2N2O2/c1-26-17-8-12(2-3-16(17)24(6-4-21)7-5-22)11-23-13-9-14(19)18(25)15(20)10-13/h2-3,8-11,25H,4-7H2,1H3. The fourth-order valence-electron chi connectivity index (χ4n) is 2.37. The molecule has 0 saturated carbocycles. The van der Waals surface area contributed by atoms with E-state index in [4.69, 9.17) is 27.9 Å². The van der Waals surface area contributed by atoms with Crippen LogP contribution in [0.4, 0.5) is 11.4 Å². The number of anilines is 1. The van der Waals surface area contributed by atoms with E-state index in [1.807, 2.05) is 18.2 Å². The Bertz CT molecular complexity index is 759. The van der Waals surface area contributed by atoms with Gasteiger partial charge >= 0.3 is 0 Å². The second-order valence-electron chi connectivity index (χ2n) is 5.31. The number of aliphatic imine (C=N–C) groups is 1. The Labute approximate surface area is 180 Å². The van der Waals surface area contributed by atoms with Crippen molar-refractivity contribution in [2.75, 3.05) is 36.9 Å². The molecule has 0 aromatic heterocycles. The van der Waals surface area contributed by atoms with E-state index in [9.17, 15) is 5.11 Å². The van der Waals surface area contributed by atoms with E-state index in [-0.39, 0.29) is 5.75 Å². The third kappa shape index (κ3) is 5.52. The molecule has 0 saturated heterocycles. The lowest BCUT2D eigenvalue weighted by molar-refractivity contribution is 0.414. The van der Waals surface area contributed by atoms with Crippen LogP contribution in [0.15, 0.2) is 44.3 Å². The first-order valence-corrected chi connectivity index (χ1v) is 10.4. The van der Waals surface area contributed by atoms with E-state index in [0.29, 0.717) is 39.5 Å². The Morgan fingerprint density at radius 2 is 1.73 bits per heavy atom. The summed E-state index contributed by atoms with van der Waals surface area (Å²) in [6.45, 7) is 1.38. The molecule has 1 N–H and O–H groups in total. The molecule has 2 aromatic rings. The van der Waals surface area contributed by atoms with Crippen LogP contribution in [0.5, 0.6) is 11.5 Å². The fraction of sp³-hybridized carbons (Fsp3) is 0.278. The number of rotatable bonds is 8. The van der Waals surface area contributed by atoms with Crippen molar-refractivity contribution >= 4 is 72.7 Å². The van der Waals surface area contributed by atoms with Crippen LogP contribution in [0, 0.1) is 0 Å². The maximum Gasteiger partial charge on any atom is 0.144 e. The minimum absolute atomic E-state index is 0.147. The summed E-state index contributed by atoms with van der Waals surface area (Å²) in [5.74, 6) is 1.90. The summed E-state index contributed by atoms with van der Waals surface area (Å²) >= 11 is 18.4. The maximum absolute atomic E-state index is 9.77. The van der Waals surface area contributed by atoms with Gasteiger partial charge in [0.05, 0.1) is 27.4 Å². The van der Waals surface area contributed by atoms with Gasteiger partial charge in [-0.15, -0.1) is 23.2 Å². The first kappa shape index (κ1) is 21.4. The Morgan fingerprint density at radius 1 is 1.12 bits per heavy atom. The summed E-state index contributed by atoms with van der Waals surface area (Å²) in [5.41, 5.74) is 2.54. The number of halogens is 4. The van der Waals surface area contributed by atoms with Crippen LogP contribution >= 0.6 is 55.1 Å². The largest absolute Gasteiger partial charge is 0.506 e. The summed E-state index contributed by atoms with van der Waals surface area (Å²) in [6.07, 6.45) is 1.74. The lowest BCUT2D eigenvalue weighted by Gasteiger charge is -2.25. The highest BCUT2D eigenvalue weighted by atomic mass is 79.9. The summed E-state index contributed by atoms with van der Waals surface area (Å²) in [4.78, 5) is 6.55. The van der Waals surface area contributed by atoms with Crippen molar-refractivity contribution in [1.29, 1.82) is 0 Å². The summed E-state index contributed by atoms with van der Waals surface area (Å²) < 4.78 is 6.68. The Balaban J connectivity index is 2.28. The molecule has 0 aliphatic carbocycles. The predicted molar refractivity (Wildman–Crippen MR) is 117 cm³/mol. The number of nitrogens with zero attached hydrogens (tertiary/aromatic N) is 2. The van der Waals surface area contributed by atoms with Crippen molar-refractivity contribution < 1.29 is 9.84 Å². The monoisotopic (exact) mass is 522 g/mol. The topological polar surface area (TPSA) is 45.1 Å². The Kier molecular flexibility index (Phi) is 8.54. The molecule has 0 spiro atoms. The van der Waals surface area contributed by atoms with Crippen LogP contribution in [-0.4, -0.2) is 43.3 Å². The van der Waals surface area contributed by atoms with Crippen LogP contribution in [0.3, 0.4) is 0 Å². The van der Waals surface area contributed by atoms with E-state index in [0.717, 1.165) is 17.0 Å². The molecule has 140 valence electrons. The van der Waals surface area contributed by atoms with Gasteiger partial charge in [0.1, 0.15) is 11.5 Å². The van der Waals surface area contributed by atoms with Crippen molar-refractivity contribution in [3.8, 4) is 11.5 Å². The van der Waals surface area contributed by atoms with Gasteiger partial charge in [0.25, 0.3) is 0 Å². The van der Waals surface area contributed by atoms with Gasteiger partial charge in [-0.2, -0.15) is 0 Å². The van der Waals surface area contributed by atoms with Crippen LogP contribution in [-0.2, 0) is 0 Å². The molecular weight excluding hydrogens is 507 g/mol. The average molecular weight is 525 g/mol. The zero-order valence-electron chi connectivity index (χ0n) is 14.1. The molecule has 0 aliphatic rings. The number of hydrogen-bond acceptors (Lipinski definition) is 4. The van der Waals surface area contributed by atoms with Gasteiger partial charge in [0, 0.05) is 31.1 Å². The van der Waals surface area contributed by atoms with Crippen molar-refractivity contribution in [2.24, 2.45) is 4.99 Å². The number of aromatic hydroxyl groups is 1. The SMILES string of the molecule is COc1cc(C=Nc2cc(Br)c(O)c(Br)c2)ccc1N(CCCl)CCCl. The van der Waals surface area contributed by atoms with Gasteiger partial charge in [0.2, 0.25) is 0 Å². The van der Waals surface area contributed by atoms with E-state index in [2.05, 4.69) is 41.8 Å². The molecule has 2 rings (SSSR count). The third-order valence-corrected chi connectivity index (χ3v) is 5.16. The lowest BCUT2D eigenvalue weighted by Crippen LogP contribution is -2.28. The number of alkyl halides is 2. The Hall–Kier alpha value is -0.950. The quantitative estimate of drug-likeness (QED) is 0.342. The molecule has 26 heavy (non-hydrogen) atoms. The van der Waals surface area contributed by atoms with Crippen LogP contribution in [0.2, 0.25) is 0 Å². The van der Waals surface area contributed by atoms with Gasteiger partial charge in [0.15, 0.2) is 0 Å². The number of phenolic OH excluding ortho intramolecular Hbond substituents is 1. The van der Waals surface area contributed by atoms with E-state index in [1.165, 1.54) is 0 Å². The van der Waals surface area contributed by atoms with Crippen molar-refractivity contribution in [1.82, 2.24) is 0 Å². The van der Waals surface area contributed by atoms with Crippen molar-refractivity contribution in [3.63, 3.8) is 0 Å². The number of benzene rings is 2. The van der Waals surface area contributed by atoms with Crippen LogP contribution in [0.1, 0.15) is 5.56 Å². The molecule has 4 nitrogen and oxygen atoms in total. The van der Waals surface area contributed by atoms with Gasteiger partial charge in [-0.05, 0) is 61.7 Å². The normalized spacial score (nSPS) is 11.1. The summed E-state index contributed by atoms with van der Waals surface area (Å²) in [5, 5.41) is 9.77. The van der Waals surface area contributed by atoms with Crippen molar-refractivity contribution in [2.45, 2.75) is 0 Å². The molecule has 8 heteroatoms. The molecule has 0 radical (unpaired) electrons. The zero-order chi connectivity index (χ0) is 19.1. The third-order valence-electron chi connectivity index (χ3n) is 3.62. The highest BCUT2D eigenvalue weighted by Crippen LogP contribution is 2.36. The lowest BCUT2D eigenvalue weighted by atomic mass is 10.2. The van der Waals surface area contributed by atoms with Gasteiger partial charge in [-0.3, -0.25) is 4.99 Å². The van der Waals surface area contributed by atoms with Crippen LogP contribution in [0.25, 0.3) is 0 Å². The molecule has 0 aliphatic heterocycles. The van der Waals surface area contributed by atoms with E-state index >= 15 is 0 Å². The molecule has 0 amide bonds. The Morgan fingerprint density at radius 3 is 2.27 bits per heavy atom. The van der Waals surface area contributed by atoms with Crippen molar-refractivity contribution in [3.05, 3.63) is 44.8 Å². The first-order chi connectivity index (χ1) is 12.5. The second-order valence-corrected chi connectivity index (χ2v) is 7.78. The highest BCUT2D eigenvalue weighted by molar-refractivity contribution is 9.11.